The average Bonchev–Trinajstić information content (AvgIpc) is 2.32. The van der Waals surface area contributed by atoms with Crippen molar-refractivity contribution in [3.05, 3.63) is 21.6 Å². The van der Waals surface area contributed by atoms with Crippen LogP contribution in [0.4, 0.5) is 5.69 Å². The van der Waals surface area contributed by atoms with Crippen molar-refractivity contribution < 1.29 is 0 Å². The first-order valence-electron chi connectivity index (χ1n) is 5.90. The third-order valence-electron chi connectivity index (χ3n) is 3.15. The number of likely N-dealkylation sites (N-methyl/N-ethyl adjacent to an activating group) is 1. The van der Waals surface area contributed by atoms with E-state index in [2.05, 4.69) is 35.1 Å². The lowest BCUT2D eigenvalue weighted by atomic mass is 10.0. The summed E-state index contributed by atoms with van der Waals surface area (Å²) in [5, 5.41) is 7.27. The first-order valence-corrected chi connectivity index (χ1v) is 6.28. The van der Waals surface area contributed by atoms with Gasteiger partial charge in [-0.25, -0.2) is 4.68 Å². The minimum absolute atomic E-state index is 0.115. The number of aromatic nitrogens is 2. The van der Waals surface area contributed by atoms with E-state index in [-0.39, 0.29) is 17.6 Å². The second-order valence-electron chi connectivity index (χ2n) is 5.09. The van der Waals surface area contributed by atoms with E-state index in [1.54, 1.807) is 0 Å². The molecule has 0 saturated carbocycles. The van der Waals surface area contributed by atoms with E-state index in [9.17, 15) is 4.79 Å². The van der Waals surface area contributed by atoms with Crippen molar-refractivity contribution in [2.75, 3.05) is 26.0 Å². The maximum absolute atomic E-state index is 12.1. The maximum Gasteiger partial charge on any atom is 0.292 e. The van der Waals surface area contributed by atoms with E-state index in [0.29, 0.717) is 17.3 Å². The lowest BCUT2D eigenvalue weighted by molar-refractivity contribution is 0.210. The van der Waals surface area contributed by atoms with Gasteiger partial charge in [-0.2, -0.15) is 5.10 Å². The fourth-order valence-electron chi connectivity index (χ4n) is 1.29. The molecule has 0 aliphatic rings. The molecule has 104 valence electrons. The zero-order valence-electron chi connectivity index (χ0n) is 11.7. The van der Waals surface area contributed by atoms with E-state index in [4.69, 9.17) is 18.0 Å². The van der Waals surface area contributed by atoms with Gasteiger partial charge < -0.3 is 10.2 Å². The Morgan fingerprint density at radius 1 is 1.58 bits per heavy atom. The number of halogens is 1. The highest BCUT2D eigenvalue weighted by molar-refractivity contribution is 6.32. The number of anilines is 1. The smallest absolute Gasteiger partial charge is 0.292 e. The molecule has 1 aromatic heterocycles. The molecule has 0 unspecified atom stereocenters. The van der Waals surface area contributed by atoms with Gasteiger partial charge >= 0.3 is 0 Å². The summed E-state index contributed by atoms with van der Waals surface area (Å²) in [6.45, 7) is 4.83. The molecule has 0 atom stereocenters. The van der Waals surface area contributed by atoms with Crippen LogP contribution in [-0.2, 0) is 6.54 Å². The molecule has 1 N–H and O–H groups in total. The Bertz CT molecular complexity index is 543. The monoisotopic (exact) mass is 282 g/mol. The zero-order valence-corrected chi connectivity index (χ0v) is 12.5. The first-order chi connectivity index (χ1) is 8.79. The molecule has 0 amide bonds. The van der Waals surface area contributed by atoms with Crippen LogP contribution in [0.3, 0.4) is 0 Å². The third kappa shape index (κ3) is 3.72. The van der Waals surface area contributed by atoms with Crippen molar-refractivity contribution in [3.63, 3.8) is 0 Å². The Morgan fingerprint density at radius 2 is 2.21 bits per heavy atom. The molecule has 0 radical (unpaired) electrons. The van der Waals surface area contributed by atoms with Crippen molar-refractivity contribution in [3.8, 4) is 12.3 Å². The minimum atomic E-state index is -0.306. The molecule has 0 aliphatic heterocycles. The second kappa shape index (κ2) is 6.09. The highest BCUT2D eigenvalue weighted by atomic mass is 35.5. The van der Waals surface area contributed by atoms with Gasteiger partial charge in [-0.3, -0.25) is 4.79 Å². The zero-order chi connectivity index (χ0) is 14.6. The van der Waals surface area contributed by atoms with E-state index in [1.165, 1.54) is 10.9 Å². The van der Waals surface area contributed by atoms with E-state index < -0.39 is 0 Å². The first kappa shape index (κ1) is 15.5. The fourth-order valence-corrected chi connectivity index (χ4v) is 1.48. The highest BCUT2D eigenvalue weighted by Crippen LogP contribution is 2.17. The van der Waals surface area contributed by atoms with Crippen LogP contribution in [0.5, 0.6) is 0 Å². The van der Waals surface area contributed by atoms with Crippen LogP contribution in [0.15, 0.2) is 11.0 Å². The molecule has 0 bridgehead atoms. The van der Waals surface area contributed by atoms with Crippen LogP contribution >= 0.6 is 11.6 Å². The lowest BCUT2D eigenvalue weighted by Gasteiger charge is -2.33. The van der Waals surface area contributed by atoms with Crippen LogP contribution in [0, 0.1) is 12.3 Å². The van der Waals surface area contributed by atoms with Gasteiger partial charge in [0.2, 0.25) is 0 Å². The molecule has 0 saturated heterocycles. The predicted molar refractivity (Wildman–Crippen MR) is 78.6 cm³/mol. The van der Waals surface area contributed by atoms with Gasteiger partial charge in [0.25, 0.3) is 5.56 Å². The van der Waals surface area contributed by atoms with Gasteiger partial charge in [0, 0.05) is 12.1 Å². The Balaban J connectivity index is 2.99. The van der Waals surface area contributed by atoms with E-state index in [1.807, 2.05) is 14.1 Å². The number of nitrogens with zero attached hydrogens (tertiary/aromatic N) is 3. The normalized spacial score (nSPS) is 11.4. The highest BCUT2D eigenvalue weighted by Gasteiger charge is 2.21. The Kier molecular flexibility index (Phi) is 4.98. The average molecular weight is 283 g/mol. The van der Waals surface area contributed by atoms with Gasteiger partial charge in [-0.1, -0.05) is 17.5 Å². The SMILES string of the molecule is C#CCn1ncc(Cl)c(NCC(C)(C)N(C)C)c1=O. The number of hydrogen-bond acceptors (Lipinski definition) is 4. The topological polar surface area (TPSA) is 50.2 Å². The van der Waals surface area contributed by atoms with Crippen LogP contribution in [-0.4, -0.2) is 40.9 Å². The van der Waals surface area contributed by atoms with Crippen molar-refractivity contribution in [2.45, 2.75) is 25.9 Å². The van der Waals surface area contributed by atoms with Crippen molar-refractivity contribution >= 4 is 17.3 Å². The molecule has 1 heterocycles. The van der Waals surface area contributed by atoms with Gasteiger partial charge in [0.1, 0.15) is 12.2 Å². The predicted octanol–water partition coefficient (Wildman–Crippen LogP) is 1.28. The van der Waals surface area contributed by atoms with E-state index >= 15 is 0 Å². The summed E-state index contributed by atoms with van der Waals surface area (Å²) >= 11 is 6.01. The summed E-state index contributed by atoms with van der Waals surface area (Å²) in [6.07, 6.45) is 6.61. The summed E-state index contributed by atoms with van der Waals surface area (Å²) in [5.41, 5.74) is -0.0856. The van der Waals surface area contributed by atoms with Crippen molar-refractivity contribution in [1.82, 2.24) is 14.7 Å². The van der Waals surface area contributed by atoms with Gasteiger partial charge in [-0.05, 0) is 27.9 Å². The molecule has 0 aromatic carbocycles. The quantitative estimate of drug-likeness (QED) is 0.827. The second-order valence-corrected chi connectivity index (χ2v) is 5.50. The van der Waals surface area contributed by atoms with Crippen LogP contribution in [0.2, 0.25) is 5.02 Å². The van der Waals surface area contributed by atoms with Gasteiger partial charge in [-0.15, -0.1) is 6.42 Å². The Hall–Kier alpha value is -1.51. The van der Waals surface area contributed by atoms with Crippen LogP contribution < -0.4 is 10.9 Å². The molecular formula is C13H19ClN4O. The molecule has 19 heavy (non-hydrogen) atoms. The Labute approximate surface area is 118 Å². The molecule has 1 rings (SSSR count). The molecule has 0 fully saturated rings. The Morgan fingerprint density at radius 3 is 2.74 bits per heavy atom. The van der Waals surface area contributed by atoms with Crippen molar-refractivity contribution in [1.29, 1.82) is 0 Å². The number of rotatable bonds is 5. The van der Waals surface area contributed by atoms with Crippen LogP contribution in [0.1, 0.15) is 13.8 Å². The summed E-state index contributed by atoms with van der Waals surface area (Å²) < 4.78 is 1.21. The van der Waals surface area contributed by atoms with Crippen LogP contribution in [0.25, 0.3) is 0 Å². The summed E-state index contributed by atoms with van der Waals surface area (Å²) in [6, 6.07) is 0. The molecule has 6 heteroatoms. The summed E-state index contributed by atoms with van der Waals surface area (Å²) in [7, 11) is 3.96. The standard InChI is InChI=1S/C13H19ClN4O/c1-6-7-18-12(19)11(10(14)8-16-18)15-9-13(2,3)17(4)5/h1,8,15H,7,9H2,2-5H3. The van der Waals surface area contributed by atoms with Gasteiger partial charge in [0.05, 0.1) is 11.2 Å². The molecule has 0 spiro atoms. The number of terminal acetylenes is 1. The van der Waals surface area contributed by atoms with Gasteiger partial charge in [0.15, 0.2) is 0 Å². The molecule has 0 aliphatic carbocycles. The molecular weight excluding hydrogens is 264 g/mol. The molecule has 1 aromatic rings. The lowest BCUT2D eigenvalue weighted by Crippen LogP contribution is -2.45. The number of hydrogen-bond donors (Lipinski definition) is 1. The molecule has 5 nitrogen and oxygen atoms in total. The fraction of sp³-hybridized carbons (Fsp3) is 0.538. The van der Waals surface area contributed by atoms with E-state index in [0.717, 1.165) is 0 Å². The third-order valence-corrected chi connectivity index (χ3v) is 3.43. The largest absolute Gasteiger partial charge is 0.377 e. The summed E-state index contributed by atoms with van der Waals surface area (Å²) in [4.78, 5) is 14.2. The van der Waals surface area contributed by atoms with Crippen molar-refractivity contribution in [2.24, 2.45) is 0 Å². The summed E-state index contributed by atoms with van der Waals surface area (Å²) in [5.74, 6) is 2.38. The number of nitrogens with one attached hydrogen (secondary N) is 1. The maximum atomic E-state index is 12.1. The minimum Gasteiger partial charge on any atom is -0.377 e.